The number of benzene rings is 2. The topological polar surface area (TPSA) is 23.6 Å². The van der Waals surface area contributed by atoms with E-state index in [1.807, 2.05) is 63.2 Å². The third kappa shape index (κ3) is 5.22. The van der Waals surface area contributed by atoms with Gasteiger partial charge in [0.2, 0.25) is 0 Å². The molecular weight excluding hydrogens is 284 g/mol. The van der Waals surface area contributed by atoms with Crippen molar-refractivity contribution < 1.29 is 4.79 Å². The molecule has 2 rings (SSSR count). The van der Waals surface area contributed by atoms with Crippen LogP contribution in [-0.4, -0.2) is 42.9 Å². The van der Waals surface area contributed by atoms with Gasteiger partial charge >= 0.3 is 0 Å². The summed E-state index contributed by atoms with van der Waals surface area (Å²) in [5, 5.41) is 0. The van der Waals surface area contributed by atoms with Crippen LogP contribution in [0.15, 0.2) is 48.5 Å². The smallest absolute Gasteiger partial charge is 0.254 e. The molecule has 0 N–H and O–H groups in total. The number of hydrogen-bond donors (Lipinski definition) is 0. The number of carbonyl (C=O) groups excluding carboxylic acids is 1. The van der Waals surface area contributed by atoms with Crippen LogP contribution in [0.4, 0.5) is 0 Å². The van der Waals surface area contributed by atoms with E-state index in [1.165, 1.54) is 0 Å². The van der Waals surface area contributed by atoms with Gasteiger partial charge in [-0.1, -0.05) is 47.5 Å². The molecule has 3 nitrogen and oxygen atoms in total. The Hall–Kier alpha value is -2.13. The minimum Gasteiger partial charge on any atom is -0.333 e. The average molecular weight is 310 g/mol. The van der Waals surface area contributed by atoms with Gasteiger partial charge in [0.1, 0.15) is 0 Å². The molecule has 1 amide bonds. The SMILES string of the molecule is Cc1cc(C)cc(C(=O)N(CCN(C)C)Cc2ccccc2)c1. The van der Waals surface area contributed by atoms with Gasteiger partial charge in [0.25, 0.3) is 5.91 Å². The van der Waals surface area contributed by atoms with Crippen molar-refractivity contribution in [3.63, 3.8) is 0 Å². The van der Waals surface area contributed by atoms with E-state index in [-0.39, 0.29) is 5.91 Å². The zero-order chi connectivity index (χ0) is 16.8. The Morgan fingerprint density at radius 2 is 1.52 bits per heavy atom. The molecule has 23 heavy (non-hydrogen) atoms. The third-order valence-electron chi connectivity index (χ3n) is 3.79. The van der Waals surface area contributed by atoms with Crippen molar-refractivity contribution in [2.45, 2.75) is 20.4 Å². The molecule has 0 aliphatic rings. The Morgan fingerprint density at radius 1 is 0.913 bits per heavy atom. The van der Waals surface area contributed by atoms with Crippen molar-refractivity contribution in [1.29, 1.82) is 0 Å². The van der Waals surface area contributed by atoms with E-state index in [1.54, 1.807) is 0 Å². The Kier molecular flexibility index (Phi) is 5.94. The first kappa shape index (κ1) is 17.2. The van der Waals surface area contributed by atoms with Gasteiger partial charge in [0.05, 0.1) is 0 Å². The van der Waals surface area contributed by atoms with Gasteiger partial charge in [0.15, 0.2) is 0 Å². The van der Waals surface area contributed by atoms with E-state index in [0.717, 1.165) is 28.8 Å². The van der Waals surface area contributed by atoms with Crippen LogP contribution in [-0.2, 0) is 6.54 Å². The summed E-state index contributed by atoms with van der Waals surface area (Å²) in [4.78, 5) is 17.0. The molecule has 0 aromatic heterocycles. The van der Waals surface area contributed by atoms with E-state index >= 15 is 0 Å². The second kappa shape index (κ2) is 7.93. The molecule has 0 bridgehead atoms. The quantitative estimate of drug-likeness (QED) is 0.815. The number of aryl methyl sites for hydroxylation is 2. The fourth-order valence-corrected chi connectivity index (χ4v) is 2.66. The molecule has 122 valence electrons. The molecular formula is C20H26N2O. The van der Waals surface area contributed by atoms with Crippen LogP contribution in [0.25, 0.3) is 0 Å². The molecule has 0 aliphatic carbocycles. The minimum atomic E-state index is 0.0995. The van der Waals surface area contributed by atoms with Crippen LogP contribution >= 0.6 is 0 Å². The third-order valence-corrected chi connectivity index (χ3v) is 3.79. The lowest BCUT2D eigenvalue weighted by Crippen LogP contribution is -2.36. The summed E-state index contributed by atoms with van der Waals surface area (Å²) in [6.07, 6.45) is 0. The predicted octanol–water partition coefficient (Wildman–Crippen LogP) is 3.51. The normalized spacial score (nSPS) is 10.8. The standard InChI is InChI=1S/C20H26N2O/c1-16-12-17(2)14-19(13-16)20(23)22(11-10-21(3)4)15-18-8-6-5-7-9-18/h5-9,12-14H,10-11,15H2,1-4H3. The van der Waals surface area contributed by atoms with Crippen molar-refractivity contribution in [2.24, 2.45) is 0 Å². The lowest BCUT2D eigenvalue weighted by Gasteiger charge is -2.25. The molecule has 0 atom stereocenters. The highest BCUT2D eigenvalue weighted by molar-refractivity contribution is 5.94. The van der Waals surface area contributed by atoms with Crippen LogP contribution in [0.3, 0.4) is 0 Å². The molecule has 0 heterocycles. The van der Waals surface area contributed by atoms with E-state index in [0.29, 0.717) is 13.1 Å². The monoisotopic (exact) mass is 310 g/mol. The van der Waals surface area contributed by atoms with Gasteiger partial charge in [-0.15, -0.1) is 0 Å². The molecule has 0 aliphatic heterocycles. The van der Waals surface area contributed by atoms with E-state index in [9.17, 15) is 4.79 Å². The van der Waals surface area contributed by atoms with E-state index < -0.39 is 0 Å². The zero-order valence-electron chi connectivity index (χ0n) is 14.5. The number of hydrogen-bond acceptors (Lipinski definition) is 2. The summed E-state index contributed by atoms with van der Waals surface area (Å²) in [5.41, 5.74) is 4.18. The van der Waals surface area contributed by atoms with Gasteiger partial charge in [0, 0.05) is 25.2 Å². The second-order valence-corrected chi connectivity index (χ2v) is 6.39. The molecule has 3 heteroatoms. The van der Waals surface area contributed by atoms with Crippen LogP contribution in [0.1, 0.15) is 27.0 Å². The van der Waals surface area contributed by atoms with Gasteiger partial charge in [-0.3, -0.25) is 4.79 Å². The lowest BCUT2D eigenvalue weighted by molar-refractivity contribution is 0.0732. The molecule has 0 unspecified atom stereocenters. The summed E-state index contributed by atoms with van der Waals surface area (Å²) in [7, 11) is 4.06. The first-order chi connectivity index (χ1) is 11.0. The first-order valence-corrected chi connectivity index (χ1v) is 8.02. The van der Waals surface area contributed by atoms with Crippen molar-refractivity contribution in [1.82, 2.24) is 9.80 Å². The van der Waals surface area contributed by atoms with Crippen LogP contribution < -0.4 is 0 Å². The molecule has 2 aromatic carbocycles. The van der Waals surface area contributed by atoms with Gasteiger partial charge < -0.3 is 9.80 Å². The van der Waals surface area contributed by atoms with Crippen LogP contribution in [0.2, 0.25) is 0 Å². The molecule has 0 fully saturated rings. The fraction of sp³-hybridized carbons (Fsp3) is 0.350. The van der Waals surface area contributed by atoms with Crippen LogP contribution in [0, 0.1) is 13.8 Å². The number of carbonyl (C=O) groups is 1. The summed E-state index contributed by atoms with van der Waals surface area (Å²) < 4.78 is 0. The van der Waals surface area contributed by atoms with Gasteiger partial charge in [-0.25, -0.2) is 0 Å². The number of likely N-dealkylation sites (N-methyl/N-ethyl adjacent to an activating group) is 1. The van der Waals surface area contributed by atoms with Gasteiger partial charge in [-0.2, -0.15) is 0 Å². The van der Waals surface area contributed by atoms with Crippen molar-refractivity contribution in [2.75, 3.05) is 27.2 Å². The summed E-state index contributed by atoms with van der Waals surface area (Å²) in [6, 6.07) is 16.2. The maximum atomic E-state index is 13.0. The summed E-state index contributed by atoms with van der Waals surface area (Å²) in [6.45, 7) is 6.27. The molecule has 0 spiro atoms. The number of nitrogens with zero attached hydrogens (tertiary/aromatic N) is 2. The Labute approximate surface area is 139 Å². The van der Waals surface area contributed by atoms with Crippen LogP contribution in [0.5, 0.6) is 0 Å². The molecule has 0 saturated heterocycles. The highest BCUT2D eigenvalue weighted by atomic mass is 16.2. The fourth-order valence-electron chi connectivity index (χ4n) is 2.66. The Balaban J connectivity index is 2.22. The Morgan fingerprint density at radius 3 is 2.09 bits per heavy atom. The second-order valence-electron chi connectivity index (χ2n) is 6.39. The largest absolute Gasteiger partial charge is 0.333 e. The predicted molar refractivity (Wildman–Crippen MR) is 95.7 cm³/mol. The van der Waals surface area contributed by atoms with Crippen molar-refractivity contribution in [3.05, 3.63) is 70.8 Å². The number of amides is 1. The highest BCUT2D eigenvalue weighted by Gasteiger charge is 2.17. The molecule has 0 radical (unpaired) electrons. The molecule has 2 aromatic rings. The number of rotatable bonds is 6. The van der Waals surface area contributed by atoms with Crippen molar-refractivity contribution >= 4 is 5.91 Å². The average Bonchev–Trinajstić information content (AvgIpc) is 2.50. The Bertz CT molecular complexity index is 630. The maximum absolute atomic E-state index is 13.0. The van der Waals surface area contributed by atoms with Crippen molar-refractivity contribution in [3.8, 4) is 0 Å². The lowest BCUT2D eigenvalue weighted by atomic mass is 10.1. The first-order valence-electron chi connectivity index (χ1n) is 8.02. The summed E-state index contributed by atoms with van der Waals surface area (Å²) >= 11 is 0. The highest BCUT2D eigenvalue weighted by Crippen LogP contribution is 2.14. The molecule has 0 saturated carbocycles. The summed E-state index contributed by atoms with van der Waals surface area (Å²) in [5.74, 6) is 0.0995. The van der Waals surface area contributed by atoms with E-state index in [4.69, 9.17) is 0 Å². The van der Waals surface area contributed by atoms with Gasteiger partial charge in [-0.05, 0) is 45.6 Å². The minimum absolute atomic E-state index is 0.0995. The zero-order valence-corrected chi connectivity index (χ0v) is 14.5. The van der Waals surface area contributed by atoms with E-state index in [2.05, 4.69) is 23.1 Å². The maximum Gasteiger partial charge on any atom is 0.254 e.